The molecule has 0 unspecified atom stereocenters. The highest BCUT2D eigenvalue weighted by Crippen LogP contribution is 2.08. The average Bonchev–Trinajstić information content (AvgIpc) is 2.73. The van der Waals surface area contributed by atoms with Gasteiger partial charge in [0.25, 0.3) is 0 Å². The number of aliphatic imine (C=N–C) groups is 1. The van der Waals surface area contributed by atoms with E-state index in [9.17, 15) is 0 Å². The van der Waals surface area contributed by atoms with Crippen molar-refractivity contribution < 1.29 is 9.47 Å². The second-order valence-electron chi connectivity index (χ2n) is 6.19. The first kappa shape index (κ1) is 20.8. The van der Waals surface area contributed by atoms with Gasteiger partial charge in [-0.25, -0.2) is 0 Å². The Labute approximate surface area is 162 Å². The average molecular weight is 370 g/mol. The number of para-hydroxylation sites is 1. The molecule has 0 bridgehead atoms. The van der Waals surface area contributed by atoms with E-state index in [1.54, 1.807) is 7.05 Å². The molecule has 2 aromatic carbocycles. The Balaban J connectivity index is 1.43. The van der Waals surface area contributed by atoms with Gasteiger partial charge in [0.2, 0.25) is 0 Å². The van der Waals surface area contributed by atoms with Crippen LogP contribution in [0.4, 0.5) is 0 Å². The van der Waals surface area contributed by atoms with Gasteiger partial charge in [-0.15, -0.1) is 0 Å². The first-order chi connectivity index (χ1) is 13.4. The largest absolute Gasteiger partial charge is 0.494 e. The zero-order valence-corrected chi connectivity index (χ0v) is 16.2. The van der Waals surface area contributed by atoms with Gasteiger partial charge in [-0.1, -0.05) is 48.5 Å². The van der Waals surface area contributed by atoms with Crippen LogP contribution in [0, 0.1) is 0 Å². The molecule has 2 rings (SSSR count). The van der Waals surface area contributed by atoms with Crippen molar-refractivity contribution in [1.82, 2.24) is 10.6 Å². The van der Waals surface area contributed by atoms with Gasteiger partial charge < -0.3 is 20.1 Å². The third kappa shape index (κ3) is 9.66. The van der Waals surface area contributed by atoms with Gasteiger partial charge in [0.1, 0.15) is 5.75 Å². The van der Waals surface area contributed by atoms with Gasteiger partial charge >= 0.3 is 0 Å². The molecule has 0 spiro atoms. The maximum absolute atomic E-state index is 5.69. The number of ether oxygens (including phenoxy) is 2. The van der Waals surface area contributed by atoms with Crippen LogP contribution < -0.4 is 15.4 Å². The first-order valence-corrected chi connectivity index (χ1v) is 9.62. The number of unbranched alkanes of at least 4 members (excludes halogenated alkanes) is 1. The predicted octanol–water partition coefficient (Wildman–Crippen LogP) is 3.62. The summed E-state index contributed by atoms with van der Waals surface area (Å²) in [6.07, 6.45) is 3.00. The standard InChI is InChI=1S/C22H31N3O2/c1-23-22(25-16-10-18-27-21-13-6-3-7-14-21)24-15-8-9-17-26-19-20-11-4-2-5-12-20/h2-7,11-14H,8-10,15-19H2,1H3,(H2,23,24,25). The third-order valence-electron chi connectivity index (χ3n) is 3.97. The van der Waals surface area contributed by atoms with E-state index in [0.29, 0.717) is 13.2 Å². The lowest BCUT2D eigenvalue weighted by molar-refractivity contribution is 0.117. The van der Waals surface area contributed by atoms with Crippen LogP contribution in [-0.2, 0) is 11.3 Å². The molecule has 0 saturated carbocycles. The minimum Gasteiger partial charge on any atom is -0.494 e. The molecule has 0 aromatic heterocycles. The molecule has 5 heteroatoms. The summed E-state index contributed by atoms with van der Waals surface area (Å²) in [6.45, 7) is 3.86. The second-order valence-corrected chi connectivity index (χ2v) is 6.19. The molecule has 0 saturated heterocycles. The van der Waals surface area contributed by atoms with Gasteiger partial charge in [-0.2, -0.15) is 0 Å². The number of nitrogens with zero attached hydrogens (tertiary/aromatic N) is 1. The molecule has 0 heterocycles. The quantitative estimate of drug-likeness (QED) is 0.341. The fraction of sp³-hybridized carbons (Fsp3) is 0.409. The molecule has 0 amide bonds. The lowest BCUT2D eigenvalue weighted by Gasteiger charge is -2.12. The van der Waals surface area contributed by atoms with Gasteiger partial charge in [0.15, 0.2) is 5.96 Å². The summed E-state index contributed by atoms with van der Waals surface area (Å²) < 4.78 is 11.4. The van der Waals surface area contributed by atoms with E-state index in [1.807, 2.05) is 48.5 Å². The normalized spacial score (nSPS) is 11.2. The van der Waals surface area contributed by atoms with Crippen molar-refractivity contribution in [2.75, 3.05) is 33.4 Å². The molecular formula is C22H31N3O2. The van der Waals surface area contributed by atoms with Crippen LogP contribution in [0.25, 0.3) is 0 Å². The molecule has 0 fully saturated rings. The monoisotopic (exact) mass is 369 g/mol. The Morgan fingerprint density at radius 3 is 2.19 bits per heavy atom. The Morgan fingerprint density at radius 2 is 1.48 bits per heavy atom. The van der Waals surface area contributed by atoms with Crippen molar-refractivity contribution in [3.63, 3.8) is 0 Å². The Bertz CT molecular complexity index is 633. The summed E-state index contributed by atoms with van der Waals surface area (Å²) in [5.41, 5.74) is 1.22. The Kier molecular flexibility index (Phi) is 10.5. The van der Waals surface area contributed by atoms with Gasteiger partial charge in [-0.05, 0) is 37.0 Å². The van der Waals surface area contributed by atoms with Gasteiger partial charge in [0, 0.05) is 26.7 Å². The third-order valence-corrected chi connectivity index (χ3v) is 3.97. The second kappa shape index (κ2) is 13.6. The van der Waals surface area contributed by atoms with Crippen LogP contribution in [0.1, 0.15) is 24.8 Å². The van der Waals surface area contributed by atoms with Crippen LogP contribution in [-0.4, -0.2) is 39.3 Å². The first-order valence-electron chi connectivity index (χ1n) is 9.62. The van der Waals surface area contributed by atoms with Gasteiger partial charge in [-0.3, -0.25) is 4.99 Å². The smallest absolute Gasteiger partial charge is 0.190 e. The van der Waals surface area contributed by atoms with Crippen molar-refractivity contribution in [2.45, 2.75) is 25.9 Å². The molecule has 0 aliphatic heterocycles. The molecular weight excluding hydrogens is 338 g/mol. The summed E-state index contributed by atoms with van der Waals surface area (Å²) in [5, 5.41) is 6.64. The zero-order chi connectivity index (χ0) is 19.0. The van der Waals surface area contributed by atoms with E-state index in [2.05, 4.69) is 27.8 Å². The predicted molar refractivity (Wildman–Crippen MR) is 111 cm³/mol. The number of hydrogen-bond acceptors (Lipinski definition) is 3. The number of hydrogen-bond donors (Lipinski definition) is 2. The maximum atomic E-state index is 5.69. The molecule has 0 radical (unpaired) electrons. The van der Waals surface area contributed by atoms with Crippen LogP contribution in [0.2, 0.25) is 0 Å². The molecule has 146 valence electrons. The van der Waals surface area contributed by atoms with Crippen molar-refractivity contribution in [3.05, 3.63) is 66.2 Å². The van der Waals surface area contributed by atoms with E-state index in [0.717, 1.165) is 50.7 Å². The van der Waals surface area contributed by atoms with E-state index in [1.165, 1.54) is 5.56 Å². The van der Waals surface area contributed by atoms with Crippen molar-refractivity contribution in [1.29, 1.82) is 0 Å². The molecule has 0 aliphatic carbocycles. The van der Waals surface area contributed by atoms with Crippen LogP contribution in [0.3, 0.4) is 0 Å². The topological polar surface area (TPSA) is 54.9 Å². The van der Waals surface area contributed by atoms with E-state index in [-0.39, 0.29) is 0 Å². The van der Waals surface area contributed by atoms with Gasteiger partial charge in [0.05, 0.1) is 13.2 Å². The molecule has 0 aliphatic rings. The van der Waals surface area contributed by atoms with E-state index in [4.69, 9.17) is 9.47 Å². The van der Waals surface area contributed by atoms with Crippen LogP contribution in [0.15, 0.2) is 65.7 Å². The van der Waals surface area contributed by atoms with Crippen molar-refractivity contribution in [3.8, 4) is 5.75 Å². The molecule has 27 heavy (non-hydrogen) atoms. The van der Waals surface area contributed by atoms with Crippen LogP contribution >= 0.6 is 0 Å². The highest BCUT2D eigenvalue weighted by Gasteiger charge is 1.98. The number of guanidine groups is 1. The zero-order valence-electron chi connectivity index (χ0n) is 16.2. The lowest BCUT2D eigenvalue weighted by atomic mass is 10.2. The molecule has 5 nitrogen and oxygen atoms in total. The number of nitrogens with one attached hydrogen (secondary N) is 2. The summed E-state index contributed by atoms with van der Waals surface area (Å²) in [5.74, 6) is 1.74. The summed E-state index contributed by atoms with van der Waals surface area (Å²) in [7, 11) is 1.79. The summed E-state index contributed by atoms with van der Waals surface area (Å²) in [4.78, 5) is 4.24. The van der Waals surface area contributed by atoms with Crippen molar-refractivity contribution in [2.24, 2.45) is 4.99 Å². The maximum Gasteiger partial charge on any atom is 0.190 e. The number of rotatable bonds is 12. The van der Waals surface area contributed by atoms with E-state index >= 15 is 0 Å². The molecule has 2 N–H and O–H groups in total. The Morgan fingerprint density at radius 1 is 0.815 bits per heavy atom. The minimum atomic E-state index is 0.683. The van der Waals surface area contributed by atoms with E-state index < -0.39 is 0 Å². The lowest BCUT2D eigenvalue weighted by Crippen LogP contribution is -2.38. The van der Waals surface area contributed by atoms with Crippen LogP contribution in [0.5, 0.6) is 5.75 Å². The fourth-order valence-corrected chi connectivity index (χ4v) is 2.51. The summed E-state index contributed by atoms with van der Waals surface area (Å²) in [6, 6.07) is 20.1. The van der Waals surface area contributed by atoms with Crippen molar-refractivity contribution >= 4 is 5.96 Å². The summed E-state index contributed by atoms with van der Waals surface area (Å²) >= 11 is 0. The fourth-order valence-electron chi connectivity index (χ4n) is 2.51. The molecule has 2 aromatic rings. The SMILES string of the molecule is CN=C(NCCCCOCc1ccccc1)NCCCOc1ccccc1. The highest BCUT2D eigenvalue weighted by molar-refractivity contribution is 5.79. The highest BCUT2D eigenvalue weighted by atomic mass is 16.5. The number of benzene rings is 2. The molecule has 0 atom stereocenters. The Hall–Kier alpha value is -2.53. The minimum absolute atomic E-state index is 0.683.